The molecule has 0 radical (unpaired) electrons. The molecule has 3 N–H and O–H groups in total. The Kier molecular flexibility index (Phi) is 27.0. The molecule has 0 aromatic rings. The number of rotatable bonds is 21. The average Bonchev–Trinajstić information content (AvgIpc) is 2.63. The fourth-order valence-corrected chi connectivity index (χ4v) is 3.68. The van der Waals surface area contributed by atoms with E-state index in [9.17, 15) is 0 Å². The summed E-state index contributed by atoms with van der Waals surface area (Å²) in [6.45, 7) is 11.0. The quantitative estimate of drug-likeness (QED) is 0.205. The molecule has 0 bridgehead atoms. The third kappa shape index (κ3) is 22.0. The Morgan fingerprint density at radius 1 is 0.346 bits per heavy atom. The number of unbranched alkanes of at least 4 members (excludes halogenated alkanes) is 15. The molecule has 0 heterocycles. The standard InChI is InChI=1S/C24H51N.H3N/c1-4-7-10-13-16-19-22-25(23-20-17-14-11-8-5-2)24-21-18-15-12-9-6-3;/h4-24H2,1-3H3;1H3. The van der Waals surface area contributed by atoms with Crippen LogP contribution in [0, 0.1) is 0 Å². The van der Waals surface area contributed by atoms with Crippen molar-refractivity contribution in [1.29, 1.82) is 0 Å². The van der Waals surface area contributed by atoms with Gasteiger partial charge in [0.15, 0.2) is 0 Å². The molecule has 0 fully saturated rings. The maximum Gasteiger partial charge on any atom is -0.00187 e. The molecule has 2 heteroatoms. The predicted molar refractivity (Wildman–Crippen MR) is 122 cm³/mol. The first-order chi connectivity index (χ1) is 12.3. The summed E-state index contributed by atoms with van der Waals surface area (Å²) in [5, 5.41) is 0. The van der Waals surface area contributed by atoms with Crippen molar-refractivity contribution in [3.63, 3.8) is 0 Å². The Labute approximate surface area is 167 Å². The second-order valence-electron chi connectivity index (χ2n) is 8.14. The van der Waals surface area contributed by atoms with Crippen molar-refractivity contribution in [1.82, 2.24) is 11.1 Å². The molecule has 0 rings (SSSR count). The van der Waals surface area contributed by atoms with Crippen LogP contribution in [0.4, 0.5) is 0 Å². The van der Waals surface area contributed by atoms with E-state index < -0.39 is 0 Å². The van der Waals surface area contributed by atoms with Crippen molar-refractivity contribution in [2.45, 2.75) is 136 Å². The summed E-state index contributed by atoms with van der Waals surface area (Å²) in [6, 6.07) is 0. The Balaban J connectivity index is 0. The zero-order valence-electron chi connectivity index (χ0n) is 19.0. The molecule has 26 heavy (non-hydrogen) atoms. The van der Waals surface area contributed by atoms with Crippen LogP contribution < -0.4 is 6.15 Å². The summed E-state index contributed by atoms with van der Waals surface area (Å²) in [5.74, 6) is 0. The van der Waals surface area contributed by atoms with Crippen molar-refractivity contribution in [3.8, 4) is 0 Å². The van der Waals surface area contributed by atoms with E-state index in [4.69, 9.17) is 0 Å². The van der Waals surface area contributed by atoms with Crippen molar-refractivity contribution in [2.75, 3.05) is 19.6 Å². The molecule has 0 saturated carbocycles. The number of hydrogen-bond donors (Lipinski definition) is 1. The molecule has 160 valence electrons. The van der Waals surface area contributed by atoms with Gasteiger partial charge in [-0.1, -0.05) is 117 Å². The maximum atomic E-state index is 2.79. The first-order valence-corrected chi connectivity index (χ1v) is 12.1. The lowest BCUT2D eigenvalue weighted by molar-refractivity contribution is 0.254. The Morgan fingerprint density at radius 2 is 0.577 bits per heavy atom. The molecule has 0 atom stereocenters. The van der Waals surface area contributed by atoms with E-state index >= 15 is 0 Å². The molecule has 0 saturated heterocycles. The van der Waals surface area contributed by atoms with E-state index in [2.05, 4.69) is 25.7 Å². The molecule has 0 aromatic carbocycles. The molecule has 0 aliphatic carbocycles. The first kappa shape index (κ1) is 28.1. The Bertz CT molecular complexity index is 192. The van der Waals surface area contributed by atoms with Gasteiger partial charge >= 0.3 is 0 Å². The molecular formula is C24H54N2. The maximum absolute atomic E-state index is 2.79. The van der Waals surface area contributed by atoms with Gasteiger partial charge in [0.25, 0.3) is 0 Å². The third-order valence-electron chi connectivity index (χ3n) is 5.48. The van der Waals surface area contributed by atoms with Crippen LogP contribution in [0.2, 0.25) is 0 Å². The predicted octanol–water partition coefficient (Wildman–Crippen LogP) is 8.53. The summed E-state index contributed by atoms with van der Waals surface area (Å²) >= 11 is 0. The summed E-state index contributed by atoms with van der Waals surface area (Å²) in [6.07, 6.45) is 25.7. The lowest BCUT2D eigenvalue weighted by atomic mass is 10.1. The van der Waals surface area contributed by atoms with Crippen LogP contribution in [0.25, 0.3) is 0 Å². The summed E-state index contributed by atoms with van der Waals surface area (Å²) in [4.78, 5) is 2.79. The minimum atomic E-state index is 0. The van der Waals surface area contributed by atoms with Gasteiger partial charge in [0.05, 0.1) is 0 Å². The molecule has 0 aliphatic heterocycles. The molecule has 2 nitrogen and oxygen atoms in total. The normalized spacial score (nSPS) is 11.1. The zero-order chi connectivity index (χ0) is 18.4. The largest absolute Gasteiger partial charge is 0.344 e. The summed E-state index contributed by atoms with van der Waals surface area (Å²) in [7, 11) is 0. The van der Waals surface area contributed by atoms with Gasteiger partial charge in [0.1, 0.15) is 0 Å². The summed E-state index contributed by atoms with van der Waals surface area (Å²) < 4.78 is 0. The molecule has 0 aromatic heterocycles. The minimum absolute atomic E-state index is 0. The summed E-state index contributed by atoms with van der Waals surface area (Å²) in [5.41, 5.74) is 0. The van der Waals surface area contributed by atoms with Crippen LogP contribution in [0.1, 0.15) is 136 Å². The lowest BCUT2D eigenvalue weighted by Gasteiger charge is -2.22. The van der Waals surface area contributed by atoms with Crippen molar-refractivity contribution >= 4 is 0 Å². The van der Waals surface area contributed by atoms with Crippen LogP contribution in [0.15, 0.2) is 0 Å². The number of hydrogen-bond acceptors (Lipinski definition) is 2. The van der Waals surface area contributed by atoms with E-state index in [1.165, 1.54) is 135 Å². The van der Waals surface area contributed by atoms with Crippen molar-refractivity contribution < 1.29 is 0 Å². The fraction of sp³-hybridized carbons (Fsp3) is 1.00. The van der Waals surface area contributed by atoms with Crippen LogP contribution >= 0.6 is 0 Å². The van der Waals surface area contributed by atoms with Crippen LogP contribution in [-0.2, 0) is 0 Å². The second-order valence-corrected chi connectivity index (χ2v) is 8.14. The van der Waals surface area contributed by atoms with Gasteiger partial charge in [-0.15, -0.1) is 0 Å². The van der Waals surface area contributed by atoms with Crippen molar-refractivity contribution in [3.05, 3.63) is 0 Å². The van der Waals surface area contributed by atoms with Gasteiger partial charge in [-0.2, -0.15) is 0 Å². The van der Waals surface area contributed by atoms with Gasteiger partial charge in [-0.3, -0.25) is 0 Å². The molecule has 0 aliphatic rings. The highest BCUT2D eigenvalue weighted by Crippen LogP contribution is 2.11. The highest BCUT2D eigenvalue weighted by molar-refractivity contribution is 4.60. The van der Waals surface area contributed by atoms with E-state index in [0.717, 1.165) is 0 Å². The molecule has 0 amide bonds. The van der Waals surface area contributed by atoms with Gasteiger partial charge in [0.2, 0.25) is 0 Å². The van der Waals surface area contributed by atoms with Gasteiger partial charge in [-0.05, 0) is 38.9 Å². The highest BCUT2D eigenvalue weighted by Gasteiger charge is 2.05. The van der Waals surface area contributed by atoms with E-state index in [1.54, 1.807) is 0 Å². The van der Waals surface area contributed by atoms with Crippen molar-refractivity contribution in [2.24, 2.45) is 0 Å². The SMILES string of the molecule is CCCCCCCCN(CCCCCCCC)CCCCCCCC.N. The van der Waals surface area contributed by atoms with E-state index in [0.29, 0.717) is 0 Å². The van der Waals surface area contributed by atoms with Gasteiger partial charge in [-0.25, -0.2) is 0 Å². The van der Waals surface area contributed by atoms with E-state index in [1.807, 2.05) is 0 Å². The Morgan fingerprint density at radius 3 is 0.846 bits per heavy atom. The van der Waals surface area contributed by atoms with Gasteiger partial charge < -0.3 is 11.1 Å². The second kappa shape index (κ2) is 24.9. The molecule has 0 unspecified atom stereocenters. The topological polar surface area (TPSA) is 38.2 Å². The van der Waals surface area contributed by atoms with Crippen LogP contribution in [0.3, 0.4) is 0 Å². The first-order valence-electron chi connectivity index (χ1n) is 12.1. The van der Waals surface area contributed by atoms with Crippen LogP contribution in [-0.4, -0.2) is 24.5 Å². The smallest absolute Gasteiger partial charge is 0.00187 e. The van der Waals surface area contributed by atoms with E-state index in [-0.39, 0.29) is 6.15 Å². The number of nitrogens with zero attached hydrogens (tertiary/aromatic N) is 1. The Hall–Kier alpha value is -0.0800. The highest BCUT2D eigenvalue weighted by atomic mass is 15.1. The lowest BCUT2D eigenvalue weighted by Crippen LogP contribution is -2.27. The third-order valence-corrected chi connectivity index (χ3v) is 5.48. The van der Waals surface area contributed by atoms with Gasteiger partial charge in [0, 0.05) is 0 Å². The molecular weight excluding hydrogens is 316 g/mol. The van der Waals surface area contributed by atoms with Crippen LogP contribution in [0.5, 0.6) is 0 Å². The fourth-order valence-electron chi connectivity index (χ4n) is 3.68. The monoisotopic (exact) mass is 370 g/mol. The zero-order valence-corrected chi connectivity index (χ0v) is 19.0. The average molecular weight is 371 g/mol. The molecule has 0 spiro atoms. The minimum Gasteiger partial charge on any atom is -0.344 e.